The number of hydrogen-bond acceptors (Lipinski definition) is 3. The number of piperazine rings is 1. The highest BCUT2D eigenvalue weighted by atomic mass is 16.5. The molecule has 2 aromatic carbocycles. The molecular formula is C24H23N3O3. The predicted octanol–water partition coefficient (Wildman–Crippen LogP) is 3.02. The molecule has 30 heavy (non-hydrogen) atoms. The maximum Gasteiger partial charge on any atom is 0.246 e. The molecule has 0 radical (unpaired) electrons. The maximum absolute atomic E-state index is 13.6. The van der Waals surface area contributed by atoms with E-state index in [1.807, 2.05) is 46.2 Å². The van der Waals surface area contributed by atoms with Gasteiger partial charge in [0.05, 0.1) is 13.2 Å². The summed E-state index contributed by atoms with van der Waals surface area (Å²) in [7, 11) is 1.64. The van der Waals surface area contributed by atoms with E-state index in [2.05, 4.69) is 17.1 Å². The van der Waals surface area contributed by atoms with Crippen molar-refractivity contribution in [3.63, 3.8) is 0 Å². The molecule has 3 aliphatic heterocycles. The standard InChI is InChI=1S/C24H23N3O3/c1-30-15-10-8-14(9-11-15)22-21-17(16-5-2-3-6-18(16)25-21)13-20-23(28)26-12-4-7-19(26)24(29)27(20)22/h2-3,5-6,8-11,19-20,22,25H,4,7,12-13H2,1H3/t19-,20-,22+/m0/s1. The SMILES string of the molecule is COc1ccc([C@@H]2c3[nH]c4ccccc4c3C[C@H]3C(=O)N4CCC[C@H]4C(=O)N23)cc1. The van der Waals surface area contributed by atoms with Crippen molar-refractivity contribution >= 4 is 22.7 Å². The Hall–Kier alpha value is -3.28. The number of para-hydroxylation sites is 1. The number of fused-ring (bicyclic) bond motifs is 5. The average molecular weight is 401 g/mol. The number of hydrogen-bond donors (Lipinski definition) is 1. The van der Waals surface area contributed by atoms with Crippen LogP contribution in [0.3, 0.4) is 0 Å². The van der Waals surface area contributed by atoms with Crippen molar-refractivity contribution in [2.45, 2.75) is 37.4 Å². The Morgan fingerprint density at radius 3 is 2.60 bits per heavy atom. The monoisotopic (exact) mass is 401 g/mol. The number of rotatable bonds is 2. The molecule has 6 rings (SSSR count). The molecule has 3 aliphatic rings. The number of benzene rings is 2. The number of carbonyl (C=O) groups excluding carboxylic acids is 2. The van der Waals surface area contributed by atoms with Crippen LogP contribution in [0.15, 0.2) is 48.5 Å². The summed E-state index contributed by atoms with van der Waals surface area (Å²) in [4.78, 5) is 34.3. The molecule has 1 N–H and O–H groups in total. The van der Waals surface area contributed by atoms with E-state index in [9.17, 15) is 9.59 Å². The molecule has 0 bridgehead atoms. The van der Waals surface area contributed by atoms with E-state index in [-0.39, 0.29) is 23.9 Å². The van der Waals surface area contributed by atoms with Crippen LogP contribution in [0.25, 0.3) is 10.9 Å². The predicted molar refractivity (Wildman–Crippen MR) is 112 cm³/mol. The van der Waals surface area contributed by atoms with Crippen LogP contribution in [0.5, 0.6) is 5.75 Å². The fourth-order valence-corrected chi connectivity index (χ4v) is 5.54. The lowest BCUT2D eigenvalue weighted by Crippen LogP contribution is -2.65. The molecule has 152 valence electrons. The summed E-state index contributed by atoms with van der Waals surface area (Å²) in [5.74, 6) is 0.930. The fourth-order valence-electron chi connectivity index (χ4n) is 5.54. The molecule has 4 heterocycles. The molecule has 0 saturated carbocycles. The lowest BCUT2D eigenvalue weighted by Gasteiger charge is -2.48. The van der Waals surface area contributed by atoms with Crippen molar-refractivity contribution in [2.75, 3.05) is 13.7 Å². The highest BCUT2D eigenvalue weighted by Crippen LogP contribution is 2.44. The summed E-state index contributed by atoms with van der Waals surface area (Å²) in [6, 6.07) is 14.9. The third-order valence-electron chi connectivity index (χ3n) is 6.92. The minimum absolute atomic E-state index is 0.0715. The quantitative estimate of drug-likeness (QED) is 0.718. The van der Waals surface area contributed by atoms with E-state index in [1.54, 1.807) is 7.11 Å². The number of amides is 2. The topological polar surface area (TPSA) is 65.6 Å². The van der Waals surface area contributed by atoms with Crippen molar-refractivity contribution in [3.05, 3.63) is 65.4 Å². The molecule has 0 aliphatic carbocycles. The van der Waals surface area contributed by atoms with Gasteiger partial charge in [-0.2, -0.15) is 0 Å². The first-order valence-electron chi connectivity index (χ1n) is 10.5. The van der Waals surface area contributed by atoms with Crippen LogP contribution in [0.2, 0.25) is 0 Å². The van der Waals surface area contributed by atoms with Crippen molar-refractivity contribution in [1.82, 2.24) is 14.8 Å². The van der Waals surface area contributed by atoms with Gasteiger partial charge in [-0.1, -0.05) is 30.3 Å². The summed E-state index contributed by atoms with van der Waals surface area (Å²) in [6.45, 7) is 0.688. The van der Waals surface area contributed by atoms with Crippen molar-refractivity contribution in [2.24, 2.45) is 0 Å². The van der Waals surface area contributed by atoms with Gasteiger partial charge in [-0.05, 0) is 42.2 Å². The number of H-pyrrole nitrogens is 1. The molecule has 1 aromatic heterocycles. The Kier molecular flexibility index (Phi) is 3.72. The molecule has 0 unspecified atom stereocenters. The number of ether oxygens (including phenoxy) is 1. The zero-order valence-corrected chi connectivity index (χ0v) is 16.8. The van der Waals surface area contributed by atoms with Gasteiger partial charge in [0.25, 0.3) is 0 Å². The number of nitrogens with one attached hydrogen (secondary N) is 1. The van der Waals surface area contributed by atoms with Crippen LogP contribution in [0.4, 0.5) is 0 Å². The molecule has 2 amide bonds. The van der Waals surface area contributed by atoms with Crippen LogP contribution in [-0.4, -0.2) is 52.3 Å². The zero-order valence-electron chi connectivity index (χ0n) is 16.8. The van der Waals surface area contributed by atoms with Gasteiger partial charge >= 0.3 is 0 Å². The molecule has 3 atom stereocenters. The van der Waals surface area contributed by atoms with Gasteiger partial charge in [0.2, 0.25) is 11.8 Å². The molecule has 6 nitrogen and oxygen atoms in total. The third kappa shape index (κ3) is 2.30. The largest absolute Gasteiger partial charge is 0.497 e. The molecule has 2 saturated heterocycles. The van der Waals surface area contributed by atoms with Gasteiger partial charge in [0.15, 0.2) is 0 Å². The summed E-state index contributed by atoms with van der Waals surface area (Å²) >= 11 is 0. The smallest absolute Gasteiger partial charge is 0.246 e. The summed E-state index contributed by atoms with van der Waals surface area (Å²) in [6.07, 6.45) is 2.20. The molecule has 3 aromatic rings. The number of carbonyl (C=O) groups is 2. The van der Waals surface area contributed by atoms with E-state index in [1.165, 1.54) is 0 Å². The van der Waals surface area contributed by atoms with Crippen LogP contribution >= 0.6 is 0 Å². The minimum Gasteiger partial charge on any atom is -0.497 e. The summed E-state index contributed by atoms with van der Waals surface area (Å²) < 4.78 is 5.33. The maximum atomic E-state index is 13.6. The highest BCUT2D eigenvalue weighted by molar-refractivity contribution is 5.99. The lowest BCUT2D eigenvalue weighted by atomic mass is 9.85. The Labute approximate surface area is 174 Å². The Balaban J connectivity index is 1.57. The lowest BCUT2D eigenvalue weighted by molar-refractivity contribution is -0.162. The second-order valence-corrected chi connectivity index (χ2v) is 8.39. The van der Waals surface area contributed by atoms with Gasteiger partial charge in [-0.3, -0.25) is 9.59 Å². The second-order valence-electron chi connectivity index (χ2n) is 8.39. The zero-order chi connectivity index (χ0) is 20.4. The first-order chi connectivity index (χ1) is 14.7. The number of aromatic nitrogens is 1. The molecule has 6 heteroatoms. The minimum atomic E-state index is -0.453. The van der Waals surface area contributed by atoms with Crippen molar-refractivity contribution in [1.29, 1.82) is 0 Å². The number of nitrogens with zero attached hydrogens (tertiary/aromatic N) is 2. The van der Waals surface area contributed by atoms with Gasteiger partial charge in [0, 0.05) is 29.6 Å². The van der Waals surface area contributed by atoms with Gasteiger partial charge in [-0.25, -0.2) is 0 Å². The van der Waals surface area contributed by atoms with E-state index >= 15 is 0 Å². The normalized spacial score (nSPS) is 25.3. The number of methoxy groups -OCH3 is 1. The van der Waals surface area contributed by atoms with Crippen LogP contribution in [-0.2, 0) is 16.0 Å². The van der Waals surface area contributed by atoms with Gasteiger partial charge < -0.3 is 19.5 Å². The van der Waals surface area contributed by atoms with E-state index in [0.29, 0.717) is 13.0 Å². The average Bonchev–Trinajstić information content (AvgIpc) is 3.41. The van der Waals surface area contributed by atoms with Crippen molar-refractivity contribution in [3.8, 4) is 5.75 Å². The number of aromatic amines is 1. The van der Waals surface area contributed by atoms with Crippen LogP contribution in [0.1, 0.15) is 35.7 Å². The molecule has 2 fully saturated rings. The van der Waals surface area contributed by atoms with E-state index in [0.717, 1.165) is 46.3 Å². The van der Waals surface area contributed by atoms with Crippen LogP contribution in [0, 0.1) is 0 Å². The van der Waals surface area contributed by atoms with E-state index < -0.39 is 6.04 Å². The summed E-state index contributed by atoms with van der Waals surface area (Å²) in [5, 5.41) is 1.13. The van der Waals surface area contributed by atoms with Crippen LogP contribution < -0.4 is 4.74 Å². The Bertz CT molecular complexity index is 1170. The third-order valence-corrected chi connectivity index (χ3v) is 6.92. The van der Waals surface area contributed by atoms with Gasteiger partial charge in [0.1, 0.15) is 17.8 Å². The molecule has 0 spiro atoms. The Morgan fingerprint density at radius 2 is 1.80 bits per heavy atom. The van der Waals surface area contributed by atoms with E-state index in [4.69, 9.17) is 4.74 Å². The van der Waals surface area contributed by atoms with Gasteiger partial charge in [-0.15, -0.1) is 0 Å². The fraction of sp³-hybridized carbons (Fsp3) is 0.333. The summed E-state index contributed by atoms with van der Waals surface area (Å²) in [5.41, 5.74) is 4.19. The first-order valence-corrected chi connectivity index (χ1v) is 10.5. The second kappa shape index (κ2) is 6.36. The van der Waals surface area contributed by atoms with Crippen molar-refractivity contribution < 1.29 is 14.3 Å². The molecular weight excluding hydrogens is 378 g/mol. The first kappa shape index (κ1) is 17.6. The Morgan fingerprint density at radius 1 is 1.00 bits per heavy atom. The highest BCUT2D eigenvalue weighted by Gasteiger charge is 2.53.